The number of carbonyl (C=O) groups is 1. The lowest BCUT2D eigenvalue weighted by Gasteiger charge is -2.39. The summed E-state index contributed by atoms with van der Waals surface area (Å²) in [6, 6.07) is 15.9. The fraction of sp³-hybridized carbons (Fsp3) is 0.316. The number of hydrogen-bond donors (Lipinski definition) is 0. The SMILES string of the molecule is CC1(C)CN(C(=O)OCc2ccccc2)Cc2cccc(Br)c21. The van der Waals surface area contributed by atoms with Gasteiger partial charge in [0, 0.05) is 23.0 Å². The Labute approximate surface area is 145 Å². The van der Waals surface area contributed by atoms with Crippen LogP contribution in [0.15, 0.2) is 53.0 Å². The quantitative estimate of drug-likeness (QED) is 0.750. The molecule has 0 aliphatic carbocycles. The minimum absolute atomic E-state index is 0.112. The average molecular weight is 374 g/mol. The van der Waals surface area contributed by atoms with E-state index in [1.807, 2.05) is 36.4 Å². The second kappa shape index (κ2) is 6.36. The van der Waals surface area contributed by atoms with Gasteiger partial charge >= 0.3 is 6.09 Å². The summed E-state index contributed by atoms with van der Waals surface area (Å²) in [4.78, 5) is 14.2. The third-order valence-electron chi connectivity index (χ3n) is 4.19. The summed E-state index contributed by atoms with van der Waals surface area (Å²) in [6.45, 7) is 5.87. The van der Waals surface area contributed by atoms with Crippen molar-refractivity contribution in [1.29, 1.82) is 0 Å². The van der Waals surface area contributed by atoms with Gasteiger partial charge in [0.1, 0.15) is 6.61 Å². The molecular weight excluding hydrogens is 354 g/mol. The van der Waals surface area contributed by atoms with Crippen LogP contribution in [0.4, 0.5) is 4.79 Å². The lowest BCUT2D eigenvalue weighted by Crippen LogP contribution is -2.45. The van der Waals surface area contributed by atoms with Gasteiger partial charge in [0.2, 0.25) is 0 Å². The molecule has 0 unspecified atom stereocenters. The Hall–Kier alpha value is -1.81. The lowest BCUT2D eigenvalue weighted by molar-refractivity contribution is 0.0818. The molecule has 120 valence electrons. The molecule has 0 bridgehead atoms. The Morgan fingerprint density at radius 2 is 1.91 bits per heavy atom. The predicted octanol–water partition coefficient (Wildman–Crippen LogP) is 4.88. The molecular formula is C19H20BrNO2. The number of halogens is 1. The molecule has 0 N–H and O–H groups in total. The summed E-state index contributed by atoms with van der Waals surface area (Å²) < 4.78 is 6.59. The van der Waals surface area contributed by atoms with E-state index in [4.69, 9.17) is 4.74 Å². The highest BCUT2D eigenvalue weighted by molar-refractivity contribution is 9.10. The van der Waals surface area contributed by atoms with Gasteiger partial charge in [0.15, 0.2) is 0 Å². The zero-order chi connectivity index (χ0) is 16.4. The smallest absolute Gasteiger partial charge is 0.410 e. The monoisotopic (exact) mass is 373 g/mol. The van der Waals surface area contributed by atoms with Crippen molar-refractivity contribution >= 4 is 22.0 Å². The standard InChI is InChI=1S/C19H20BrNO2/c1-19(2)13-21(11-15-9-6-10-16(20)17(15)19)18(22)23-12-14-7-4-3-5-8-14/h3-10H,11-13H2,1-2H3. The first-order valence-corrected chi connectivity index (χ1v) is 8.50. The Morgan fingerprint density at radius 1 is 1.17 bits per heavy atom. The summed E-state index contributed by atoms with van der Waals surface area (Å²) in [5.74, 6) is 0. The van der Waals surface area contributed by atoms with Crippen molar-refractivity contribution in [2.45, 2.75) is 32.4 Å². The van der Waals surface area contributed by atoms with Crippen LogP contribution in [0.5, 0.6) is 0 Å². The van der Waals surface area contributed by atoms with Gasteiger partial charge in [-0.1, -0.05) is 72.2 Å². The van der Waals surface area contributed by atoms with Crippen molar-refractivity contribution in [1.82, 2.24) is 4.90 Å². The van der Waals surface area contributed by atoms with Gasteiger partial charge in [-0.25, -0.2) is 4.79 Å². The number of amides is 1. The minimum atomic E-state index is -0.257. The van der Waals surface area contributed by atoms with Gasteiger partial charge in [-0.15, -0.1) is 0 Å². The van der Waals surface area contributed by atoms with Crippen LogP contribution >= 0.6 is 15.9 Å². The van der Waals surface area contributed by atoms with E-state index >= 15 is 0 Å². The van der Waals surface area contributed by atoms with Gasteiger partial charge in [-0.2, -0.15) is 0 Å². The number of nitrogens with zero attached hydrogens (tertiary/aromatic N) is 1. The normalized spacial score (nSPS) is 15.9. The summed E-state index contributed by atoms with van der Waals surface area (Å²) in [5.41, 5.74) is 3.35. The van der Waals surface area contributed by atoms with E-state index in [1.54, 1.807) is 4.90 Å². The zero-order valence-corrected chi connectivity index (χ0v) is 15.0. The maximum atomic E-state index is 12.4. The topological polar surface area (TPSA) is 29.5 Å². The largest absolute Gasteiger partial charge is 0.445 e. The molecule has 0 atom stereocenters. The molecule has 2 aromatic carbocycles. The number of carbonyl (C=O) groups excluding carboxylic acids is 1. The van der Waals surface area contributed by atoms with E-state index in [1.165, 1.54) is 11.1 Å². The molecule has 0 saturated carbocycles. The van der Waals surface area contributed by atoms with E-state index in [2.05, 4.69) is 41.9 Å². The Bertz CT molecular complexity index is 713. The molecule has 23 heavy (non-hydrogen) atoms. The van der Waals surface area contributed by atoms with Crippen LogP contribution in [0.25, 0.3) is 0 Å². The van der Waals surface area contributed by atoms with Gasteiger partial charge < -0.3 is 9.64 Å². The third-order valence-corrected chi connectivity index (χ3v) is 4.85. The summed E-state index contributed by atoms with van der Waals surface area (Å²) in [5, 5.41) is 0. The number of hydrogen-bond acceptors (Lipinski definition) is 2. The molecule has 3 nitrogen and oxygen atoms in total. The Kier molecular flexibility index (Phi) is 4.44. The lowest BCUT2D eigenvalue weighted by atomic mass is 9.78. The van der Waals surface area contributed by atoms with Crippen LogP contribution in [0, 0.1) is 0 Å². The average Bonchev–Trinajstić information content (AvgIpc) is 2.52. The van der Waals surface area contributed by atoms with E-state index in [0.29, 0.717) is 19.7 Å². The van der Waals surface area contributed by atoms with Gasteiger partial charge in [0.25, 0.3) is 0 Å². The Morgan fingerprint density at radius 3 is 2.65 bits per heavy atom. The molecule has 0 fully saturated rings. The van der Waals surface area contributed by atoms with Crippen LogP contribution in [-0.4, -0.2) is 17.5 Å². The van der Waals surface area contributed by atoms with E-state index in [-0.39, 0.29) is 11.5 Å². The van der Waals surface area contributed by atoms with Gasteiger partial charge in [0.05, 0.1) is 0 Å². The van der Waals surface area contributed by atoms with Crippen LogP contribution in [0.2, 0.25) is 0 Å². The molecule has 4 heteroatoms. The number of benzene rings is 2. The molecule has 0 saturated heterocycles. The molecule has 1 amide bonds. The van der Waals surface area contributed by atoms with Crippen molar-refractivity contribution in [2.24, 2.45) is 0 Å². The molecule has 1 aliphatic heterocycles. The van der Waals surface area contributed by atoms with Crippen LogP contribution in [0.1, 0.15) is 30.5 Å². The minimum Gasteiger partial charge on any atom is -0.445 e. The first-order chi connectivity index (χ1) is 11.0. The van der Waals surface area contributed by atoms with Crippen LogP contribution in [-0.2, 0) is 23.3 Å². The summed E-state index contributed by atoms with van der Waals surface area (Å²) in [7, 11) is 0. The first kappa shape index (κ1) is 16.1. The zero-order valence-electron chi connectivity index (χ0n) is 13.4. The van der Waals surface area contributed by atoms with Crippen molar-refractivity contribution in [3.05, 3.63) is 69.7 Å². The molecule has 2 aromatic rings. The first-order valence-electron chi connectivity index (χ1n) is 7.71. The van der Waals surface area contributed by atoms with E-state index in [9.17, 15) is 4.79 Å². The number of rotatable bonds is 2. The predicted molar refractivity (Wildman–Crippen MR) is 94.2 cm³/mol. The van der Waals surface area contributed by atoms with Crippen molar-refractivity contribution in [2.75, 3.05) is 6.54 Å². The number of ether oxygens (including phenoxy) is 1. The summed E-state index contributed by atoms with van der Waals surface area (Å²) >= 11 is 3.64. The molecule has 1 heterocycles. The third kappa shape index (κ3) is 3.42. The maximum Gasteiger partial charge on any atom is 0.410 e. The highest BCUT2D eigenvalue weighted by Gasteiger charge is 2.35. The van der Waals surface area contributed by atoms with Gasteiger partial charge in [-0.05, 0) is 22.8 Å². The van der Waals surface area contributed by atoms with E-state index in [0.717, 1.165) is 10.0 Å². The highest BCUT2D eigenvalue weighted by atomic mass is 79.9. The van der Waals surface area contributed by atoms with Crippen molar-refractivity contribution in [3.8, 4) is 0 Å². The van der Waals surface area contributed by atoms with Crippen molar-refractivity contribution < 1.29 is 9.53 Å². The van der Waals surface area contributed by atoms with Gasteiger partial charge in [-0.3, -0.25) is 0 Å². The van der Waals surface area contributed by atoms with Crippen LogP contribution < -0.4 is 0 Å². The fourth-order valence-corrected chi connectivity index (χ4v) is 4.16. The fourth-order valence-electron chi connectivity index (χ4n) is 3.22. The highest BCUT2D eigenvalue weighted by Crippen LogP contribution is 2.38. The molecule has 0 radical (unpaired) electrons. The summed E-state index contributed by atoms with van der Waals surface area (Å²) in [6.07, 6.45) is -0.257. The maximum absolute atomic E-state index is 12.4. The molecule has 3 rings (SSSR count). The molecule has 0 aromatic heterocycles. The van der Waals surface area contributed by atoms with E-state index < -0.39 is 0 Å². The molecule has 0 spiro atoms. The second-order valence-corrected chi connectivity index (χ2v) is 7.41. The van der Waals surface area contributed by atoms with Crippen molar-refractivity contribution in [3.63, 3.8) is 0 Å². The molecule has 1 aliphatic rings. The Balaban J connectivity index is 1.74. The van der Waals surface area contributed by atoms with Crippen LogP contribution in [0.3, 0.4) is 0 Å². The second-order valence-electron chi connectivity index (χ2n) is 6.55. The number of fused-ring (bicyclic) bond motifs is 1.